The summed E-state index contributed by atoms with van der Waals surface area (Å²) in [5, 5.41) is 3.20. The van der Waals surface area contributed by atoms with Crippen LogP contribution in [0.2, 0.25) is 0 Å². The molecule has 0 heterocycles. The highest BCUT2D eigenvalue weighted by Gasteiger charge is 2.04. The largest absolute Gasteiger partial charge is 0.494 e. The van der Waals surface area contributed by atoms with Gasteiger partial charge >= 0.3 is 0 Å². The Morgan fingerprint density at radius 3 is 2.88 bits per heavy atom. The lowest BCUT2D eigenvalue weighted by molar-refractivity contribution is 0.340. The first-order valence-corrected chi connectivity index (χ1v) is 6.95. The normalized spacial score (nSPS) is 10.1. The van der Waals surface area contributed by atoms with Gasteiger partial charge < -0.3 is 20.5 Å². The van der Waals surface area contributed by atoms with Crippen molar-refractivity contribution in [2.45, 2.75) is 0 Å². The van der Waals surface area contributed by atoms with Crippen LogP contribution in [0.3, 0.4) is 0 Å². The SMILES string of the molecule is COc1cc(OCCSC)ccc1NCCN. The third-order valence-corrected chi connectivity index (χ3v) is 2.76. The molecule has 0 aromatic heterocycles. The average molecular weight is 256 g/mol. The lowest BCUT2D eigenvalue weighted by atomic mass is 10.2. The fourth-order valence-corrected chi connectivity index (χ4v) is 1.61. The summed E-state index contributed by atoms with van der Waals surface area (Å²) in [7, 11) is 1.65. The van der Waals surface area contributed by atoms with E-state index in [4.69, 9.17) is 15.2 Å². The summed E-state index contributed by atoms with van der Waals surface area (Å²) in [5.41, 5.74) is 6.39. The predicted molar refractivity (Wildman–Crippen MR) is 74.4 cm³/mol. The van der Waals surface area contributed by atoms with Crippen molar-refractivity contribution in [3.8, 4) is 11.5 Å². The molecule has 96 valence electrons. The van der Waals surface area contributed by atoms with Crippen LogP contribution < -0.4 is 20.5 Å². The Kier molecular flexibility index (Phi) is 6.65. The van der Waals surface area contributed by atoms with E-state index in [1.807, 2.05) is 18.2 Å². The first-order chi connectivity index (χ1) is 8.31. The van der Waals surface area contributed by atoms with Crippen LogP contribution in [0.1, 0.15) is 0 Å². The number of nitrogens with one attached hydrogen (secondary N) is 1. The van der Waals surface area contributed by atoms with Crippen molar-refractivity contribution in [1.82, 2.24) is 0 Å². The Hall–Kier alpha value is -1.07. The number of methoxy groups -OCH3 is 1. The van der Waals surface area contributed by atoms with Crippen LogP contribution >= 0.6 is 11.8 Å². The van der Waals surface area contributed by atoms with E-state index in [1.54, 1.807) is 18.9 Å². The van der Waals surface area contributed by atoms with E-state index in [0.717, 1.165) is 29.5 Å². The third kappa shape index (κ3) is 4.75. The summed E-state index contributed by atoms with van der Waals surface area (Å²) in [6.07, 6.45) is 2.06. The molecule has 0 amide bonds. The molecule has 3 N–H and O–H groups in total. The lowest BCUT2D eigenvalue weighted by Crippen LogP contribution is -2.13. The highest BCUT2D eigenvalue weighted by Crippen LogP contribution is 2.28. The maximum Gasteiger partial charge on any atom is 0.145 e. The Bertz CT molecular complexity index is 334. The van der Waals surface area contributed by atoms with Gasteiger partial charge in [-0.1, -0.05) is 0 Å². The Labute approximate surface area is 107 Å². The second-order valence-corrected chi connectivity index (χ2v) is 4.40. The minimum atomic E-state index is 0.592. The zero-order valence-corrected chi connectivity index (χ0v) is 11.2. The zero-order valence-electron chi connectivity index (χ0n) is 10.4. The van der Waals surface area contributed by atoms with Crippen molar-refractivity contribution in [2.75, 3.05) is 44.1 Å². The van der Waals surface area contributed by atoms with Gasteiger partial charge in [0.05, 0.1) is 19.4 Å². The minimum absolute atomic E-state index is 0.592. The number of hydrogen-bond acceptors (Lipinski definition) is 5. The summed E-state index contributed by atoms with van der Waals surface area (Å²) >= 11 is 1.76. The predicted octanol–water partition coefficient (Wildman–Crippen LogP) is 1.81. The van der Waals surface area contributed by atoms with Gasteiger partial charge in [0.1, 0.15) is 11.5 Å². The van der Waals surface area contributed by atoms with E-state index in [1.165, 1.54) is 0 Å². The van der Waals surface area contributed by atoms with Gasteiger partial charge in [-0.25, -0.2) is 0 Å². The number of rotatable bonds is 8. The molecule has 4 nitrogen and oxygen atoms in total. The summed E-state index contributed by atoms with van der Waals surface area (Å²) in [6, 6.07) is 5.77. The van der Waals surface area contributed by atoms with Crippen molar-refractivity contribution in [3.05, 3.63) is 18.2 Å². The van der Waals surface area contributed by atoms with E-state index in [2.05, 4.69) is 11.6 Å². The second kappa shape index (κ2) is 8.08. The van der Waals surface area contributed by atoms with Gasteiger partial charge in [0, 0.05) is 24.9 Å². The topological polar surface area (TPSA) is 56.5 Å². The maximum atomic E-state index is 5.60. The van der Waals surface area contributed by atoms with Gasteiger partial charge in [0.2, 0.25) is 0 Å². The van der Waals surface area contributed by atoms with E-state index in [9.17, 15) is 0 Å². The van der Waals surface area contributed by atoms with Crippen molar-refractivity contribution >= 4 is 17.4 Å². The van der Waals surface area contributed by atoms with Crippen molar-refractivity contribution in [2.24, 2.45) is 5.73 Å². The number of benzene rings is 1. The molecular weight excluding hydrogens is 236 g/mol. The zero-order chi connectivity index (χ0) is 12.5. The maximum absolute atomic E-state index is 5.60. The number of thioether (sulfide) groups is 1. The van der Waals surface area contributed by atoms with Crippen LogP contribution in [0.4, 0.5) is 5.69 Å². The van der Waals surface area contributed by atoms with Gasteiger partial charge in [0.15, 0.2) is 0 Å². The van der Waals surface area contributed by atoms with Gasteiger partial charge in [-0.15, -0.1) is 0 Å². The quantitative estimate of drug-likeness (QED) is 0.695. The minimum Gasteiger partial charge on any atom is -0.494 e. The summed E-state index contributed by atoms with van der Waals surface area (Å²) in [4.78, 5) is 0. The summed E-state index contributed by atoms with van der Waals surface area (Å²) in [6.45, 7) is 2.03. The first-order valence-electron chi connectivity index (χ1n) is 5.55. The molecule has 1 aromatic carbocycles. The molecule has 0 saturated heterocycles. The Balaban J connectivity index is 2.63. The van der Waals surface area contributed by atoms with Crippen LogP contribution in [0.25, 0.3) is 0 Å². The van der Waals surface area contributed by atoms with Crippen LogP contribution in [-0.2, 0) is 0 Å². The molecule has 0 aliphatic heterocycles. The van der Waals surface area contributed by atoms with E-state index < -0.39 is 0 Å². The molecule has 0 spiro atoms. The molecule has 17 heavy (non-hydrogen) atoms. The molecule has 0 fully saturated rings. The monoisotopic (exact) mass is 256 g/mol. The molecule has 0 aliphatic rings. The highest BCUT2D eigenvalue weighted by molar-refractivity contribution is 7.98. The first kappa shape index (κ1) is 14.0. The molecule has 1 rings (SSSR count). The molecule has 1 aromatic rings. The molecular formula is C12H20N2O2S. The molecule has 5 heteroatoms. The summed E-state index contributed by atoms with van der Waals surface area (Å²) < 4.78 is 10.9. The fraction of sp³-hybridized carbons (Fsp3) is 0.500. The smallest absolute Gasteiger partial charge is 0.145 e. The highest BCUT2D eigenvalue weighted by atomic mass is 32.2. The van der Waals surface area contributed by atoms with Gasteiger partial charge in [-0.2, -0.15) is 11.8 Å². The number of anilines is 1. The van der Waals surface area contributed by atoms with Gasteiger partial charge in [-0.05, 0) is 18.4 Å². The van der Waals surface area contributed by atoms with Crippen LogP contribution in [0.5, 0.6) is 11.5 Å². The molecule has 0 atom stereocenters. The fourth-order valence-electron chi connectivity index (χ4n) is 1.36. The van der Waals surface area contributed by atoms with Crippen molar-refractivity contribution in [1.29, 1.82) is 0 Å². The molecule has 0 saturated carbocycles. The number of ether oxygens (including phenoxy) is 2. The van der Waals surface area contributed by atoms with Crippen LogP contribution in [-0.4, -0.2) is 38.8 Å². The standard InChI is InChI=1S/C12H20N2O2S/c1-15-12-9-10(16-7-8-17-2)3-4-11(12)14-6-5-13/h3-4,9,14H,5-8,13H2,1-2H3. The Morgan fingerprint density at radius 2 is 2.24 bits per heavy atom. The van der Waals surface area contributed by atoms with Gasteiger partial charge in [-0.3, -0.25) is 0 Å². The summed E-state index contributed by atoms with van der Waals surface area (Å²) in [5.74, 6) is 2.59. The number of hydrogen-bond donors (Lipinski definition) is 2. The lowest BCUT2D eigenvalue weighted by Gasteiger charge is -2.12. The van der Waals surface area contributed by atoms with E-state index in [-0.39, 0.29) is 0 Å². The third-order valence-electron chi connectivity index (χ3n) is 2.19. The molecule has 0 bridgehead atoms. The molecule has 0 aliphatic carbocycles. The van der Waals surface area contributed by atoms with Crippen LogP contribution in [0, 0.1) is 0 Å². The molecule has 0 unspecified atom stereocenters. The van der Waals surface area contributed by atoms with Gasteiger partial charge in [0.25, 0.3) is 0 Å². The van der Waals surface area contributed by atoms with Crippen molar-refractivity contribution in [3.63, 3.8) is 0 Å². The van der Waals surface area contributed by atoms with Crippen LogP contribution in [0.15, 0.2) is 18.2 Å². The Morgan fingerprint density at radius 1 is 1.41 bits per heavy atom. The van der Waals surface area contributed by atoms with E-state index in [0.29, 0.717) is 13.2 Å². The van der Waals surface area contributed by atoms with Crippen molar-refractivity contribution < 1.29 is 9.47 Å². The number of nitrogens with two attached hydrogens (primary N) is 1. The molecule has 0 radical (unpaired) electrons. The second-order valence-electron chi connectivity index (χ2n) is 3.42. The average Bonchev–Trinajstić information content (AvgIpc) is 2.37. The van der Waals surface area contributed by atoms with E-state index >= 15 is 0 Å².